The van der Waals surface area contributed by atoms with E-state index in [1.165, 1.54) is 0 Å². The van der Waals surface area contributed by atoms with E-state index in [1.54, 1.807) is 0 Å². The third kappa shape index (κ3) is 3.99. The van der Waals surface area contributed by atoms with Gasteiger partial charge in [-0.25, -0.2) is 0 Å². The van der Waals surface area contributed by atoms with Crippen LogP contribution in [-0.2, 0) is 4.79 Å². The Hall–Kier alpha value is -1.51. The van der Waals surface area contributed by atoms with Gasteiger partial charge in [0.1, 0.15) is 5.75 Å². The van der Waals surface area contributed by atoms with Crippen LogP contribution in [0.25, 0.3) is 0 Å². The van der Waals surface area contributed by atoms with Gasteiger partial charge in [-0.15, -0.1) is 0 Å². The minimum atomic E-state index is 0.159. The van der Waals surface area contributed by atoms with Crippen molar-refractivity contribution in [2.75, 3.05) is 19.7 Å². The fraction of sp³-hybridized carbons (Fsp3) is 0.588. The van der Waals surface area contributed by atoms with E-state index in [2.05, 4.69) is 6.92 Å². The number of likely N-dealkylation sites (tertiary alicyclic amines) is 1. The summed E-state index contributed by atoms with van der Waals surface area (Å²) in [4.78, 5) is 14.1. The number of carbonyl (C=O) groups excluding carboxylic acids is 1. The van der Waals surface area contributed by atoms with Crippen LogP contribution in [0, 0.1) is 11.8 Å². The molecule has 0 aliphatic carbocycles. The van der Waals surface area contributed by atoms with E-state index < -0.39 is 0 Å². The SMILES string of the molecule is CC[C@@H](C)C(=O)N1CCC(COc2ccccc2)CC1. The molecule has 1 fully saturated rings. The van der Waals surface area contributed by atoms with Crippen LogP contribution in [0.3, 0.4) is 0 Å². The van der Waals surface area contributed by atoms with E-state index in [4.69, 9.17) is 4.74 Å². The molecule has 1 heterocycles. The summed E-state index contributed by atoms with van der Waals surface area (Å²) in [6.45, 7) is 6.61. The van der Waals surface area contributed by atoms with Crippen molar-refractivity contribution in [3.05, 3.63) is 30.3 Å². The summed E-state index contributed by atoms with van der Waals surface area (Å²) in [5, 5.41) is 0. The quantitative estimate of drug-likeness (QED) is 0.824. The summed E-state index contributed by atoms with van der Waals surface area (Å²) in [7, 11) is 0. The van der Waals surface area contributed by atoms with Crippen LogP contribution in [0.1, 0.15) is 33.1 Å². The Balaban J connectivity index is 1.73. The second-order valence-corrected chi connectivity index (χ2v) is 5.70. The zero-order valence-electron chi connectivity index (χ0n) is 12.5. The number of carbonyl (C=O) groups is 1. The topological polar surface area (TPSA) is 29.5 Å². The molecule has 1 aromatic carbocycles. The molecule has 1 aliphatic rings. The third-order valence-corrected chi connectivity index (χ3v) is 4.19. The highest BCUT2D eigenvalue weighted by Gasteiger charge is 2.25. The molecule has 0 unspecified atom stereocenters. The predicted octanol–water partition coefficient (Wildman–Crippen LogP) is 3.35. The molecule has 0 spiro atoms. The molecule has 1 atom stereocenters. The Morgan fingerprint density at radius 3 is 2.55 bits per heavy atom. The lowest BCUT2D eigenvalue weighted by Gasteiger charge is -2.33. The van der Waals surface area contributed by atoms with Gasteiger partial charge in [0.15, 0.2) is 0 Å². The first-order chi connectivity index (χ1) is 9.70. The zero-order chi connectivity index (χ0) is 14.4. The molecular formula is C17H25NO2. The Bertz CT molecular complexity index is 410. The molecule has 1 saturated heterocycles. The summed E-state index contributed by atoms with van der Waals surface area (Å²) < 4.78 is 5.81. The van der Waals surface area contributed by atoms with Crippen LogP contribution in [0.15, 0.2) is 30.3 Å². The van der Waals surface area contributed by atoms with Crippen LogP contribution >= 0.6 is 0 Å². The number of amides is 1. The van der Waals surface area contributed by atoms with Gasteiger partial charge >= 0.3 is 0 Å². The summed E-state index contributed by atoms with van der Waals surface area (Å²) in [5.74, 6) is 1.98. The molecule has 1 amide bonds. The van der Waals surface area contributed by atoms with Crippen molar-refractivity contribution < 1.29 is 9.53 Å². The molecule has 1 aromatic rings. The molecule has 2 rings (SSSR count). The van der Waals surface area contributed by atoms with Crippen molar-refractivity contribution in [2.45, 2.75) is 33.1 Å². The number of piperidine rings is 1. The van der Waals surface area contributed by atoms with Crippen molar-refractivity contribution in [3.63, 3.8) is 0 Å². The zero-order valence-corrected chi connectivity index (χ0v) is 12.5. The maximum Gasteiger partial charge on any atom is 0.225 e. The smallest absolute Gasteiger partial charge is 0.225 e. The molecule has 3 nitrogen and oxygen atoms in total. The third-order valence-electron chi connectivity index (χ3n) is 4.19. The predicted molar refractivity (Wildman–Crippen MR) is 80.7 cm³/mol. The monoisotopic (exact) mass is 275 g/mol. The summed E-state index contributed by atoms with van der Waals surface area (Å²) >= 11 is 0. The first-order valence-electron chi connectivity index (χ1n) is 7.67. The average molecular weight is 275 g/mol. The van der Waals surface area contributed by atoms with Gasteiger partial charge in [0.25, 0.3) is 0 Å². The number of benzene rings is 1. The molecular weight excluding hydrogens is 250 g/mol. The molecule has 0 N–H and O–H groups in total. The van der Waals surface area contributed by atoms with Crippen LogP contribution < -0.4 is 4.74 Å². The summed E-state index contributed by atoms with van der Waals surface area (Å²) in [5.41, 5.74) is 0. The fourth-order valence-electron chi connectivity index (χ4n) is 2.54. The number of ether oxygens (including phenoxy) is 1. The van der Waals surface area contributed by atoms with Crippen molar-refractivity contribution in [3.8, 4) is 5.75 Å². The normalized spacial score (nSPS) is 17.8. The first kappa shape index (κ1) is 14.9. The lowest BCUT2D eigenvalue weighted by Crippen LogP contribution is -2.42. The standard InChI is InChI=1S/C17H25NO2/c1-3-14(2)17(19)18-11-9-15(10-12-18)13-20-16-7-5-4-6-8-16/h4-8,14-15H,3,9-13H2,1-2H3/t14-/m1/s1. The van der Waals surface area contributed by atoms with Crippen molar-refractivity contribution in [1.82, 2.24) is 4.90 Å². The number of rotatable bonds is 5. The van der Waals surface area contributed by atoms with E-state index in [1.807, 2.05) is 42.2 Å². The van der Waals surface area contributed by atoms with E-state index in [9.17, 15) is 4.79 Å². The minimum absolute atomic E-state index is 0.159. The van der Waals surface area contributed by atoms with Gasteiger partial charge in [0, 0.05) is 19.0 Å². The second kappa shape index (κ2) is 7.32. The minimum Gasteiger partial charge on any atom is -0.493 e. The van der Waals surface area contributed by atoms with E-state index in [0.29, 0.717) is 11.8 Å². The maximum atomic E-state index is 12.1. The van der Waals surface area contributed by atoms with Crippen molar-refractivity contribution >= 4 is 5.91 Å². The number of para-hydroxylation sites is 1. The van der Waals surface area contributed by atoms with Gasteiger partial charge in [0.2, 0.25) is 5.91 Å². The van der Waals surface area contributed by atoms with Crippen LogP contribution in [0.5, 0.6) is 5.75 Å². The Morgan fingerprint density at radius 2 is 1.95 bits per heavy atom. The molecule has 110 valence electrons. The molecule has 3 heteroatoms. The van der Waals surface area contributed by atoms with Gasteiger partial charge in [-0.1, -0.05) is 32.0 Å². The Morgan fingerprint density at radius 1 is 1.30 bits per heavy atom. The van der Waals surface area contributed by atoms with Crippen LogP contribution in [0.4, 0.5) is 0 Å². The average Bonchev–Trinajstić information content (AvgIpc) is 2.53. The van der Waals surface area contributed by atoms with Gasteiger partial charge in [-0.2, -0.15) is 0 Å². The summed E-state index contributed by atoms with van der Waals surface area (Å²) in [6, 6.07) is 9.94. The Labute approximate surface area is 121 Å². The van der Waals surface area contributed by atoms with Gasteiger partial charge in [0.05, 0.1) is 6.61 Å². The van der Waals surface area contributed by atoms with Crippen LogP contribution in [-0.4, -0.2) is 30.5 Å². The fourth-order valence-corrected chi connectivity index (χ4v) is 2.54. The van der Waals surface area contributed by atoms with E-state index in [0.717, 1.165) is 44.7 Å². The number of hydrogen-bond acceptors (Lipinski definition) is 2. The first-order valence-corrected chi connectivity index (χ1v) is 7.67. The van der Waals surface area contributed by atoms with Gasteiger partial charge in [-0.3, -0.25) is 4.79 Å². The molecule has 0 saturated carbocycles. The van der Waals surface area contributed by atoms with Gasteiger partial charge in [-0.05, 0) is 37.3 Å². The van der Waals surface area contributed by atoms with E-state index in [-0.39, 0.29) is 5.92 Å². The lowest BCUT2D eigenvalue weighted by atomic mass is 9.96. The Kier molecular flexibility index (Phi) is 5.45. The molecule has 0 radical (unpaired) electrons. The molecule has 0 aromatic heterocycles. The summed E-state index contributed by atoms with van der Waals surface area (Å²) in [6.07, 6.45) is 3.03. The maximum absolute atomic E-state index is 12.1. The van der Waals surface area contributed by atoms with Crippen molar-refractivity contribution in [1.29, 1.82) is 0 Å². The lowest BCUT2D eigenvalue weighted by molar-refractivity contribution is -0.136. The highest BCUT2D eigenvalue weighted by molar-refractivity contribution is 5.78. The van der Waals surface area contributed by atoms with Gasteiger partial charge < -0.3 is 9.64 Å². The molecule has 0 bridgehead atoms. The highest BCUT2D eigenvalue weighted by atomic mass is 16.5. The largest absolute Gasteiger partial charge is 0.493 e. The highest BCUT2D eigenvalue weighted by Crippen LogP contribution is 2.21. The van der Waals surface area contributed by atoms with Crippen LogP contribution in [0.2, 0.25) is 0 Å². The molecule has 20 heavy (non-hydrogen) atoms. The second-order valence-electron chi connectivity index (χ2n) is 5.70. The number of hydrogen-bond donors (Lipinski definition) is 0. The molecule has 1 aliphatic heterocycles. The number of nitrogens with zero attached hydrogens (tertiary/aromatic N) is 1. The van der Waals surface area contributed by atoms with Crippen molar-refractivity contribution in [2.24, 2.45) is 11.8 Å². The van der Waals surface area contributed by atoms with E-state index >= 15 is 0 Å².